The Morgan fingerprint density at radius 1 is 1.37 bits per heavy atom. The highest BCUT2D eigenvalue weighted by molar-refractivity contribution is 5.74. The van der Waals surface area contributed by atoms with Crippen molar-refractivity contribution in [2.24, 2.45) is 0 Å². The first-order valence-electron chi connectivity index (χ1n) is 6.26. The molecule has 1 amide bonds. The Bertz CT molecular complexity index is 542. The van der Waals surface area contributed by atoms with Crippen molar-refractivity contribution in [3.8, 4) is 0 Å². The molecule has 19 heavy (non-hydrogen) atoms. The van der Waals surface area contributed by atoms with Gasteiger partial charge in [0.05, 0.1) is 24.2 Å². The van der Waals surface area contributed by atoms with E-state index in [0.29, 0.717) is 32.1 Å². The van der Waals surface area contributed by atoms with Crippen molar-refractivity contribution in [1.82, 2.24) is 14.9 Å². The van der Waals surface area contributed by atoms with E-state index in [4.69, 9.17) is 9.47 Å². The number of nitrogens with zero attached hydrogens (tertiary/aromatic N) is 2. The first-order chi connectivity index (χ1) is 9.33. The number of morpholine rings is 1. The second-order valence-corrected chi connectivity index (χ2v) is 4.35. The van der Waals surface area contributed by atoms with Gasteiger partial charge in [0, 0.05) is 13.1 Å². The lowest BCUT2D eigenvalue weighted by Gasteiger charge is -2.25. The van der Waals surface area contributed by atoms with E-state index in [9.17, 15) is 4.79 Å². The average Bonchev–Trinajstić information content (AvgIpc) is 2.88. The predicted octanol–water partition coefficient (Wildman–Crippen LogP) is 1.53. The number of carbonyl (C=O) groups excluding carboxylic acids is 1. The third kappa shape index (κ3) is 2.68. The highest BCUT2D eigenvalue weighted by Crippen LogP contribution is 2.11. The number of amides is 1. The smallest absolute Gasteiger partial charge is 0.410 e. The maximum atomic E-state index is 11.8. The van der Waals surface area contributed by atoms with Crippen LogP contribution in [-0.2, 0) is 16.1 Å². The summed E-state index contributed by atoms with van der Waals surface area (Å²) in [6, 6.07) is 7.71. The average molecular weight is 261 g/mol. The van der Waals surface area contributed by atoms with Gasteiger partial charge in [-0.3, -0.25) is 0 Å². The molecule has 0 atom stereocenters. The third-order valence-corrected chi connectivity index (χ3v) is 3.04. The summed E-state index contributed by atoms with van der Waals surface area (Å²) in [5, 5.41) is 0. The second-order valence-electron chi connectivity index (χ2n) is 4.35. The summed E-state index contributed by atoms with van der Waals surface area (Å²) >= 11 is 0. The molecule has 1 aliphatic heterocycles. The Morgan fingerprint density at radius 3 is 2.95 bits per heavy atom. The van der Waals surface area contributed by atoms with Gasteiger partial charge in [0.25, 0.3) is 0 Å². The summed E-state index contributed by atoms with van der Waals surface area (Å²) in [5.41, 5.74) is 1.82. The van der Waals surface area contributed by atoms with Crippen LogP contribution in [0.5, 0.6) is 0 Å². The molecule has 2 heterocycles. The SMILES string of the molecule is O=C(OCc1nc2ccccc2[nH]1)N1CCOCC1. The van der Waals surface area contributed by atoms with Crippen molar-refractivity contribution in [1.29, 1.82) is 0 Å². The molecule has 1 fully saturated rings. The van der Waals surface area contributed by atoms with E-state index in [-0.39, 0.29) is 12.7 Å². The molecule has 1 N–H and O–H groups in total. The van der Waals surface area contributed by atoms with Gasteiger partial charge in [0.1, 0.15) is 5.82 Å². The van der Waals surface area contributed by atoms with Crippen LogP contribution in [0.25, 0.3) is 11.0 Å². The van der Waals surface area contributed by atoms with Gasteiger partial charge in [-0.2, -0.15) is 0 Å². The van der Waals surface area contributed by atoms with Crippen molar-refractivity contribution in [2.45, 2.75) is 6.61 Å². The zero-order valence-corrected chi connectivity index (χ0v) is 10.5. The summed E-state index contributed by atoms with van der Waals surface area (Å²) in [4.78, 5) is 20.9. The number of hydrogen-bond acceptors (Lipinski definition) is 4. The van der Waals surface area contributed by atoms with E-state index in [2.05, 4.69) is 9.97 Å². The maximum Gasteiger partial charge on any atom is 0.410 e. The molecule has 100 valence electrons. The third-order valence-electron chi connectivity index (χ3n) is 3.04. The first kappa shape index (κ1) is 12.0. The van der Waals surface area contributed by atoms with E-state index in [1.807, 2.05) is 24.3 Å². The summed E-state index contributed by atoms with van der Waals surface area (Å²) in [7, 11) is 0. The normalized spacial score (nSPS) is 15.7. The molecule has 0 spiro atoms. The molecule has 2 aromatic rings. The van der Waals surface area contributed by atoms with E-state index >= 15 is 0 Å². The number of nitrogens with one attached hydrogen (secondary N) is 1. The van der Waals surface area contributed by atoms with Gasteiger partial charge in [0.15, 0.2) is 6.61 Å². The molecular formula is C13H15N3O3. The highest BCUT2D eigenvalue weighted by atomic mass is 16.6. The summed E-state index contributed by atoms with van der Waals surface area (Å²) < 4.78 is 10.4. The van der Waals surface area contributed by atoms with Gasteiger partial charge < -0.3 is 19.4 Å². The number of fused-ring (bicyclic) bond motifs is 1. The molecule has 6 nitrogen and oxygen atoms in total. The van der Waals surface area contributed by atoms with E-state index in [0.717, 1.165) is 11.0 Å². The van der Waals surface area contributed by atoms with E-state index < -0.39 is 0 Å². The number of imidazole rings is 1. The van der Waals surface area contributed by atoms with Gasteiger partial charge in [-0.15, -0.1) is 0 Å². The van der Waals surface area contributed by atoms with Crippen molar-refractivity contribution in [2.75, 3.05) is 26.3 Å². The summed E-state index contributed by atoms with van der Waals surface area (Å²) in [6.07, 6.45) is -0.316. The quantitative estimate of drug-likeness (QED) is 0.890. The number of hydrogen-bond donors (Lipinski definition) is 1. The molecule has 3 rings (SSSR count). The topological polar surface area (TPSA) is 67.5 Å². The zero-order chi connectivity index (χ0) is 13.1. The minimum atomic E-state index is -0.316. The van der Waals surface area contributed by atoms with Crippen molar-refractivity contribution in [3.63, 3.8) is 0 Å². The molecule has 1 aromatic carbocycles. The van der Waals surface area contributed by atoms with Gasteiger partial charge in [-0.05, 0) is 12.1 Å². The van der Waals surface area contributed by atoms with Crippen LogP contribution < -0.4 is 0 Å². The molecule has 1 aliphatic rings. The lowest BCUT2D eigenvalue weighted by molar-refractivity contribution is 0.0243. The van der Waals surface area contributed by atoms with Gasteiger partial charge in [-0.25, -0.2) is 9.78 Å². The van der Waals surface area contributed by atoms with Crippen LogP contribution in [0.2, 0.25) is 0 Å². The molecule has 1 aromatic heterocycles. The van der Waals surface area contributed by atoms with Crippen LogP contribution in [-0.4, -0.2) is 47.3 Å². The first-order valence-corrected chi connectivity index (χ1v) is 6.26. The minimum absolute atomic E-state index is 0.158. The summed E-state index contributed by atoms with van der Waals surface area (Å²) in [5.74, 6) is 0.655. The van der Waals surface area contributed by atoms with Crippen molar-refractivity contribution >= 4 is 17.1 Å². The molecule has 6 heteroatoms. The Morgan fingerprint density at radius 2 is 2.16 bits per heavy atom. The Balaban J connectivity index is 1.60. The lowest BCUT2D eigenvalue weighted by atomic mass is 10.3. The van der Waals surface area contributed by atoms with Crippen LogP contribution >= 0.6 is 0 Å². The monoisotopic (exact) mass is 261 g/mol. The lowest BCUT2D eigenvalue weighted by Crippen LogP contribution is -2.40. The van der Waals surface area contributed by atoms with Crippen LogP contribution in [0.1, 0.15) is 5.82 Å². The fraction of sp³-hybridized carbons (Fsp3) is 0.385. The standard InChI is InChI=1S/C13H15N3O3/c17-13(16-5-7-18-8-6-16)19-9-12-14-10-3-1-2-4-11(10)15-12/h1-4H,5-9H2,(H,14,15). The van der Waals surface area contributed by atoms with Crippen molar-refractivity contribution in [3.05, 3.63) is 30.1 Å². The molecule has 0 aliphatic carbocycles. The Hall–Kier alpha value is -2.08. The number of H-pyrrole nitrogens is 1. The summed E-state index contributed by atoms with van der Waals surface area (Å²) in [6.45, 7) is 2.46. The van der Waals surface area contributed by atoms with Gasteiger partial charge in [-0.1, -0.05) is 12.1 Å². The Labute approximate surface area is 110 Å². The molecule has 0 unspecified atom stereocenters. The van der Waals surface area contributed by atoms with Crippen LogP contribution in [0, 0.1) is 0 Å². The predicted molar refractivity (Wildman–Crippen MR) is 68.7 cm³/mol. The van der Waals surface area contributed by atoms with E-state index in [1.165, 1.54) is 0 Å². The minimum Gasteiger partial charge on any atom is -0.441 e. The number of aromatic nitrogens is 2. The fourth-order valence-corrected chi connectivity index (χ4v) is 2.04. The van der Waals surface area contributed by atoms with Crippen molar-refractivity contribution < 1.29 is 14.3 Å². The Kier molecular flexibility index (Phi) is 3.33. The van der Waals surface area contributed by atoms with Gasteiger partial charge in [0.2, 0.25) is 0 Å². The number of carbonyl (C=O) groups is 1. The molecular weight excluding hydrogens is 246 g/mol. The number of para-hydroxylation sites is 2. The number of rotatable bonds is 2. The number of ether oxygens (including phenoxy) is 2. The molecule has 0 saturated carbocycles. The molecule has 0 bridgehead atoms. The molecule has 0 radical (unpaired) electrons. The largest absolute Gasteiger partial charge is 0.441 e. The maximum absolute atomic E-state index is 11.8. The zero-order valence-electron chi connectivity index (χ0n) is 10.5. The molecule has 1 saturated heterocycles. The van der Waals surface area contributed by atoms with E-state index in [1.54, 1.807) is 4.90 Å². The second kappa shape index (κ2) is 5.27. The number of benzene rings is 1. The van der Waals surface area contributed by atoms with Crippen LogP contribution in [0.3, 0.4) is 0 Å². The van der Waals surface area contributed by atoms with Crippen LogP contribution in [0.15, 0.2) is 24.3 Å². The van der Waals surface area contributed by atoms with Gasteiger partial charge >= 0.3 is 6.09 Å². The fourth-order valence-electron chi connectivity index (χ4n) is 2.04. The number of aromatic amines is 1. The van der Waals surface area contributed by atoms with Crippen LogP contribution in [0.4, 0.5) is 4.79 Å². The highest BCUT2D eigenvalue weighted by Gasteiger charge is 2.18.